The number of carbonyl (C=O) groups excluding carboxylic acids is 1. The maximum atomic E-state index is 12.9. The third-order valence-corrected chi connectivity index (χ3v) is 5.16. The van der Waals surface area contributed by atoms with E-state index < -0.39 is 18.0 Å². The Labute approximate surface area is 167 Å². The Kier molecular flexibility index (Phi) is 6.08. The molecule has 0 bridgehead atoms. The number of aliphatic hydroxyl groups is 1. The molecular weight excluding hydrogens is 354 g/mol. The number of hydrogen-bond acceptors (Lipinski definition) is 4. The highest BCUT2D eigenvalue weighted by atomic mass is 16.8. The van der Waals surface area contributed by atoms with E-state index in [1.807, 2.05) is 65.0 Å². The Balaban J connectivity index is 1.98. The minimum absolute atomic E-state index is 0.0515. The molecule has 152 valence electrons. The molecule has 5 nitrogen and oxygen atoms in total. The smallest absolute Gasteiger partial charge is 0.252 e. The van der Waals surface area contributed by atoms with Crippen molar-refractivity contribution in [3.05, 3.63) is 52.6 Å². The van der Waals surface area contributed by atoms with E-state index >= 15 is 0 Å². The molecule has 2 heterocycles. The predicted molar refractivity (Wildman–Crippen MR) is 110 cm³/mol. The van der Waals surface area contributed by atoms with E-state index in [4.69, 9.17) is 9.47 Å². The van der Waals surface area contributed by atoms with E-state index in [-0.39, 0.29) is 18.1 Å². The lowest BCUT2D eigenvalue weighted by Gasteiger charge is -2.20. The number of amides is 1. The first kappa shape index (κ1) is 20.8. The van der Waals surface area contributed by atoms with Gasteiger partial charge in [0.05, 0.1) is 6.10 Å². The van der Waals surface area contributed by atoms with Crippen LogP contribution < -0.4 is 5.32 Å². The van der Waals surface area contributed by atoms with Gasteiger partial charge in [0, 0.05) is 11.6 Å². The topological polar surface area (TPSA) is 67.8 Å². The van der Waals surface area contributed by atoms with Gasteiger partial charge in [0.2, 0.25) is 0 Å². The van der Waals surface area contributed by atoms with Gasteiger partial charge in [-0.3, -0.25) is 4.79 Å². The zero-order chi connectivity index (χ0) is 20.5. The summed E-state index contributed by atoms with van der Waals surface area (Å²) in [7, 11) is 0. The maximum Gasteiger partial charge on any atom is 0.252 e. The highest BCUT2D eigenvalue weighted by molar-refractivity contribution is 5.99. The van der Waals surface area contributed by atoms with Crippen LogP contribution >= 0.6 is 0 Å². The fraction of sp³-hybridized carbons (Fsp3) is 0.522. The second-order valence-corrected chi connectivity index (χ2v) is 8.35. The molecule has 0 saturated carbocycles. The molecule has 0 radical (unpaired) electrons. The third-order valence-electron chi connectivity index (χ3n) is 5.16. The van der Waals surface area contributed by atoms with Crippen LogP contribution in [0.1, 0.15) is 60.7 Å². The summed E-state index contributed by atoms with van der Waals surface area (Å²) in [5, 5.41) is 13.6. The number of fused-ring (bicyclic) bond motifs is 2. The lowest BCUT2D eigenvalue weighted by molar-refractivity contribution is -0.152. The molecule has 5 heteroatoms. The lowest BCUT2D eigenvalue weighted by Crippen LogP contribution is -2.35. The van der Waals surface area contributed by atoms with Crippen LogP contribution in [0.4, 0.5) is 0 Å². The number of aliphatic hydroxyl groups excluding tert-OH is 1. The number of aryl methyl sites for hydroxylation is 2. The second-order valence-electron chi connectivity index (χ2n) is 8.35. The number of rotatable bonds is 0. The lowest BCUT2D eigenvalue weighted by atomic mass is 9.96. The van der Waals surface area contributed by atoms with Crippen molar-refractivity contribution in [2.75, 3.05) is 0 Å². The summed E-state index contributed by atoms with van der Waals surface area (Å²) < 4.78 is 12.0. The van der Waals surface area contributed by atoms with E-state index in [0.29, 0.717) is 18.4 Å². The van der Waals surface area contributed by atoms with Crippen LogP contribution in [0, 0.1) is 13.8 Å². The maximum absolute atomic E-state index is 12.9. The third kappa shape index (κ3) is 4.72. The molecule has 1 aromatic rings. The fourth-order valence-corrected chi connectivity index (χ4v) is 3.99. The Morgan fingerprint density at radius 2 is 1.89 bits per heavy atom. The van der Waals surface area contributed by atoms with Gasteiger partial charge >= 0.3 is 0 Å². The zero-order valence-corrected chi connectivity index (χ0v) is 17.4. The zero-order valence-electron chi connectivity index (χ0n) is 17.4. The molecule has 1 amide bonds. The molecule has 2 aliphatic heterocycles. The number of ether oxygens (including phenoxy) is 2. The molecule has 28 heavy (non-hydrogen) atoms. The molecule has 3 rings (SSSR count). The van der Waals surface area contributed by atoms with E-state index in [1.54, 1.807) is 6.08 Å². The number of benzene rings is 1. The van der Waals surface area contributed by atoms with Crippen LogP contribution in [-0.4, -0.2) is 41.2 Å². The summed E-state index contributed by atoms with van der Waals surface area (Å²) in [6.07, 6.45) is 7.37. The molecule has 3 unspecified atom stereocenters. The molecule has 2 aliphatic rings. The van der Waals surface area contributed by atoms with Gasteiger partial charge in [-0.1, -0.05) is 42.0 Å². The summed E-state index contributed by atoms with van der Waals surface area (Å²) in [6, 6.07) is 4.00. The predicted octanol–water partition coefficient (Wildman–Crippen LogP) is 3.67. The quantitative estimate of drug-likeness (QED) is 0.669. The van der Waals surface area contributed by atoms with Gasteiger partial charge < -0.3 is 19.9 Å². The van der Waals surface area contributed by atoms with Crippen LogP contribution in [0.25, 0.3) is 6.08 Å². The Bertz CT molecular complexity index is 796. The minimum atomic E-state index is -0.761. The highest BCUT2D eigenvalue weighted by Crippen LogP contribution is 2.32. The number of hydrogen-bond donors (Lipinski definition) is 2. The summed E-state index contributed by atoms with van der Waals surface area (Å²) in [5.41, 5.74) is 3.67. The van der Waals surface area contributed by atoms with Crippen LogP contribution in [0.15, 0.2) is 30.4 Å². The van der Waals surface area contributed by atoms with Crippen molar-refractivity contribution >= 4 is 12.0 Å². The molecular formula is C23H31NO4. The van der Waals surface area contributed by atoms with E-state index in [0.717, 1.165) is 16.7 Å². The van der Waals surface area contributed by atoms with Crippen LogP contribution in [0.2, 0.25) is 0 Å². The van der Waals surface area contributed by atoms with Crippen molar-refractivity contribution in [1.82, 2.24) is 5.32 Å². The van der Waals surface area contributed by atoms with Crippen molar-refractivity contribution in [1.29, 1.82) is 0 Å². The largest absolute Gasteiger partial charge is 0.386 e. The van der Waals surface area contributed by atoms with Gasteiger partial charge in [-0.15, -0.1) is 0 Å². The van der Waals surface area contributed by atoms with Gasteiger partial charge in [0.1, 0.15) is 12.2 Å². The van der Waals surface area contributed by atoms with E-state index in [9.17, 15) is 9.90 Å². The van der Waals surface area contributed by atoms with Crippen molar-refractivity contribution < 1.29 is 19.4 Å². The molecule has 0 aliphatic carbocycles. The molecule has 0 spiro atoms. The Hall–Kier alpha value is -1.95. The molecule has 1 saturated heterocycles. The number of nitrogens with one attached hydrogen (secondary N) is 1. The van der Waals surface area contributed by atoms with Gasteiger partial charge in [-0.05, 0) is 58.6 Å². The average Bonchev–Trinajstić information content (AvgIpc) is 2.88. The first-order chi connectivity index (χ1) is 13.2. The summed E-state index contributed by atoms with van der Waals surface area (Å²) >= 11 is 0. The Morgan fingerprint density at radius 1 is 1.14 bits per heavy atom. The van der Waals surface area contributed by atoms with Crippen molar-refractivity contribution in [3.63, 3.8) is 0 Å². The highest BCUT2D eigenvalue weighted by Gasteiger charge is 2.43. The van der Waals surface area contributed by atoms with E-state index in [1.165, 1.54) is 0 Å². The average molecular weight is 386 g/mol. The van der Waals surface area contributed by atoms with E-state index in [2.05, 4.69) is 5.32 Å². The SMILES string of the molecule is Cc1cc(C)c2c(c1)/C=C/C[C@H]1OC(C)(C)OC1C(O)/C=C\CC(C)NC2=O. The van der Waals surface area contributed by atoms with Gasteiger partial charge in [0.15, 0.2) is 5.79 Å². The first-order valence-electron chi connectivity index (χ1n) is 9.95. The van der Waals surface area contributed by atoms with Gasteiger partial charge in [-0.25, -0.2) is 0 Å². The standard InChI is InChI=1S/C23H31NO4/c1-14-12-15(2)20-17(13-14)9-7-11-19-21(28-23(4,5)27-19)18(25)10-6-8-16(3)24-22(20)26/h6-7,9-10,12-13,16,18-19,21,25H,8,11H2,1-5H3,(H,24,26)/b9-7+,10-6-/t16?,18?,19-,21?/m1/s1. The monoisotopic (exact) mass is 385 g/mol. The second kappa shape index (κ2) is 8.19. The van der Waals surface area contributed by atoms with Crippen molar-refractivity contribution in [3.8, 4) is 0 Å². The normalized spacial score (nSPS) is 32.6. The van der Waals surface area contributed by atoms with Crippen LogP contribution in [0.5, 0.6) is 0 Å². The minimum Gasteiger partial charge on any atom is -0.386 e. The molecule has 2 N–H and O–H groups in total. The van der Waals surface area contributed by atoms with Crippen molar-refractivity contribution in [2.24, 2.45) is 0 Å². The van der Waals surface area contributed by atoms with Crippen LogP contribution in [0.3, 0.4) is 0 Å². The summed E-state index contributed by atoms with van der Waals surface area (Å²) in [6.45, 7) is 9.68. The molecule has 1 fully saturated rings. The van der Waals surface area contributed by atoms with Gasteiger partial charge in [0.25, 0.3) is 5.91 Å². The molecule has 0 aromatic heterocycles. The number of carbonyl (C=O) groups is 1. The first-order valence-corrected chi connectivity index (χ1v) is 9.95. The van der Waals surface area contributed by atoms with Crippen molar-refractivity contribution in [2.45, 2.75) is 77.6 Å². The summed E-state index contributed by atoms with van der Waals surface area (Å²) in [4.78, 5) is 12.9. The molecule has 1 aromatic carbocycles. The Morgan fingerprint density at radius 3 is 2.64 bits per heavy atom. The molecule has 4 atom stereocenters. The fourth-order valence-electron chi connectivity index (χ4n) is 3.99. The summed E-state index contributed by atoms with van der Waals surface area (Å²) in [5.74, 6) is -0.808. The van der Waals surface area contributed by atoms with Crippen LogP contribution in [-0.2, 0) is 9.47 Å². The van der Waals surface area contributed by atoms with Gasteiger partial charge in [-0.2, -0.15) is 0 Å².